The van der Waals surface area contributed by atoms with Crippen LogP contribution in [0.2, 0.25) is 0 Å². The van der Waals surface area contributed by atoms with E-state index >= 15 is 0 Å². The predicted octanol–water partition coefficient (Wildman–Crippen LogP) is 0.993. The van der Waals surface area contributed by atoms with Crippen molar-refractivity contribution >= 4 is 0 Å². The van der Waals surface area contributed by atoms with Crippen LogP contribution in [0.3, 0.4) is 0 Å². The number of aliphatic hydroxyl groups excluding tert-OH is 1. The molecule has 0 heterocycles. The van der Waals surface area contributed by atoms with Crippen molar-refractivity contribution in [3.63, 3.8) is 0 Å². The Hall–Kier alpha value is -1.06. The molecular weight excluding hydrogens is 154 g/mol. The Morgan fingerprint density at radius 3 is 2.83 bits per heavy atom. The average Bonchev–Trinajstić information content (AvgIpc) is 2.05. The van der Waals surface area contributed by atoms with Gasteiger partial charge in [0.2, 0.25) is 0 Å². The van der Waals surface area contributed by atoms with Crippen LogP contribution in [-0.4, -0.2) is 16.9 Å². The van der Waals surface area contributed by atoms with E-state index in [4.69, 9.17) is 10.2 Å². The van der Waals surface area contributed by atoms with Gasteiger partial charge in [0.05, 0.1) is 6.73 Å². The van der Waals surface area contributed by atoms with Gasteiger partial charge in [-0.1, -0.05) is 12.1 Å². The minimum absolute atomic E-state index is 0.0575. The summed E-state index contributed by atoms with van der Waals surface area (Å²) >= 11 is 0. The number of hydrogen-bond donors (Lipinski definition) is 3. The first-order valence-electron chi connectivity index (χ1n) is 3.87. The van der Waals surface area contributed by atoms with E-state index in [0.717, 1.165) is 5.56 Å². The van der Waals surface area contributed by atoms with Crippen molar-refractivity contribution in [1.29, 1.82) is 0 Å². The SMILES string of the molecule is CC(NCO)c1cccc(O)c1. The van der Waals surface area contributed by atoms with Gasteiger partial charge in [0.25, 0.3) is 0 Å². The molecule has 3 nitrogen and oxygen atoms in total. The summed E-state index contributed by atoms with van der Waals surface area (Å²) in [6.45, 7) is 1.86. The Balaban J connectivity index is 2.73. The second-order valence-electron chi connectivity index (χ2n) is 2.68. The molecule has 0 spiro atoms. The Morgan fingerprint density at radius 2 is 2.25 bits per heavy atom. The van der Waals surface area contributed by atoms with Crippen LogP contribution in [0, 0.1) is 0 Å². The Morgan fingerprint density at radius 1 is 1.50 bits per heavy atom. The van der Waals surface area contributed by atoms with E-state index in [9.17, 15) is 0 Å². The summed E-state index contributed by atoms with van der Waals surface area (Å²) in [6, 6.07) is 7.03. The van der Waals surface area contributed by atoms with E-state index in [1.54, 1.807) is 18.2 Å². The van der Waals surface area contributed by atoms with Crippen molar-refractivity contribution in [2.75, 3.05) is 6.73 Å². The molecule has 1 unspecified atom stereocenters. The number of phenols is 1. The molecule has 1 atom stereocenters. The topological polar surface area (TPSA) is 52.5 Å². The Bertz CT molecular complexity index is 250. The van der Waals surface area contributed by atoms with Gasteiger partial charge in [-0.2, -0.15) is 0 Å². The van der Waals surface area contributed by atoms with Crippen LogP contribution in [0.5, 0.6) is 5.75 Å². The third-order valence-corrected chi connectivity index (χ3v) is 1.77. The number of rotatable bonds is 3. The first kappa shape index (κ1) is 9.03. The van der Waals surface area contributed by atoms with E-state index in [-0.39, 0.29) is 18.5 Å². The van der Waals surface area contributed by atoms with Gasteiger partial charge in [0.1, 0.15) is 5.75 Å². The number of aromatic hydroxyl groups is 1. The van der Waals surface area contributed by atoms with Crippen molar-refractivity contribution in [1.82, 2.24) is 5.32 Å². The molecule has 0 bridgehead atoms. The summed E-state index contributed by atoms with van der Waals surface area (Å²) < 4.78 is 0. The van der Waals surface area contributed by atoms with Crippen LogP contribution in [0.15, 0.2) is 24.3 Å². The molecule has 0 saturated heterocycles. The second-order valence-corrected chi connectivity index (χ2v) is 2.68. The van der Waals surface area contributed by atoms with Crippen LogP contribution >= 0.6 is 0 Å². The molecule has 1 rings (SSSR count). The van der Waals surface area contributed by atoms with E-state index in [1.807, 2.05) is 13.0 Å². The molecular formula is C9H13NO2. The number of nitrogens with one attached hydrogen (secondary N) is 1. The van der Waals surface area contributed by atoms with Gasteiger partial charge >= 0.3 is 0 Å². The van der Waals surface area contributed by atoms with Gasteiger partial charge < -0.3 is 10.2 Å². The quantitative estimate of drug-likeness (QED) is 0.588. The molecule has 0 aliphatic heterocycles. The summed E-state index contributed by atoms with van der Waals surface area (Å²) in [5, 5.41) is 20.6. The van der Waals surface area contributed by atoms with Crippen molar-refractivity contribution in [3.8, 4) is 5.75 Å². The zero-order valence-electron chi connectivity index (χ0n) is 6.99. The number of aliphatic hydroxyl groups is 1. The molecule has 0 saturated carbocycles. The molecule has 1 aromatic carbocycles. The molecule has 12 heavy (non-hydrogen) atoms. The Labute approximate surface area is 71.7 Å². The van der Waals surface area contributed by atoms with Crippen LogP contribution in [0.1, 0.15) is 18.5 Å². The fraction of sp³-hybridized carbons (Fsp3) is 0.333. The molecule has 3 N–H and O–H groups in total. The van der Waals surface area contributed by atoms with E-state index in [2.05, 4.69) is 5.32 Å². The lowest BCUT2D eigenvalue weighted by Gasteiger charge is -2.11. The molecule has 0 aliphatic rings. The van der Waals surface area contributed by atoms with E-state index < -0.39 is 0 Å². The van der Waals surface area contributed by atoms with Crippen molar-refractivity contribution in [2.45, 2.75) is 13.0 Å². The largest absolute Gasteiger partial charge is 0.508 e. The van der Waals surface area contributed by atoms with Crippen LogP contribution in [0.4, 0.5) is 0 Å². The number of phenolic OH excluding ortho intramolecular Hbond substituents is 1. The van der Waals surface area contributed by atoms with Gasteiger partial charge in [0.15, 0.2) is 0 Å². The van der Waals surface area contributed by atoms with Gasteiger partial charge in [-0.3, -0.25) is 5.32 Å². The smallest absolute Gasteiger partial charge is 0.115 e. The molecule has 0 radical (unpaired) electrons. The molecule has 0 aromatic heterocycles. The predicted molar refractivity (Wildman–Crippen MR) is 46.7 cm³/mol. The van der Waals surface area contributed by atoms with Crippen molar-refractivity contribution in [3.05, 3.63) is 29.8 Å². The van der Waals surface area contributed by atoms with Gasteiger partial charge in [-0.15, -0.1) is 0 Å². The molecule has 1 aromatic rings. The zero-order valence-corrected chi connectivity index (χ0v) is 6.99. The maximum Gasteiger partial charge on any atom is 0.115 e. The zero-order chi connectivity index (χ0) is 8.97. The standard InChI is InChI=1S/C9H13NO2/c1-7(10-6-11)8-3-2-4-9(12)5-8/h2-5,7,10-12H,6H2,1H3. The molecule has 3 heteroatoms. The fourth-order valence-corrected chi connectivity index (χ4v) is 1.05. The van der Waals surface area contributed by atoms with Gasteiger partial charge in [0, 0.05) is 6.04 Å². The van der Waals surface area contributed by atoms with E-state index in [1.165, 1.54) is 0 Å². The first-order valence-corrected chi connectivity index (χ1v) is 3.87. The lowest BCUT2D eigenvalue weighted by atomic mass is 10.1. The van der Waals surface area contributed by atoms with Crippen molar-refractivity contribution in [2.24, 2.45) is 0 Å². The van der Waals surface area contributed by atoms with Crippen LogP contribution in [0.25, 0.3) is 0 Å². The second kappa shape index (κ2) is 4.09. The molecule has 0 aliphatic carbocycles. The number of hydrogen-bond acceptors (Lipinski definition) is 3. The maximum absolute atomic E-state index is 9.14. The molecule has 66 valence electrons. The fourth-order valence-electron chi connectivity index (χ4n) is 1.05. The summed E-state index contributed by atoms with van der Waals surface area (Å²) in [7, 11) is 0. The highest BCUT2D eigenvalue weighted by Crippen LogP contribution is 2.17. The number of benzene rings is 1. The maximum atomic E-state index is 9.14. The van der Waals surface area contributed by atoms with E-state index in [0.29, 0.717) is 0 Å². The first-order chi connectivity index (χ1) is 5.74. The monoisotopic (exact) mass is 167 g/mol. The van der Waals surface area contributed by atoms with Crippen LogP contribution < -0.4 is 5.32 Å². The highest BCUT2D eigenvalue weighted by Gasteiger charge is 2.02. The summed E-state index contributed by atoms with van der Waals surface area (Å²) in [5.41, 5.74) is 0.962. The van der Waals surface area contributed by atoms with Gasteiger partial charge in [-0.25, -0.2) is 0 Å². The third-order valence-electron chi connectivity index (χ3n) is 1.77. The molecule has 0 amide bonds. The normalized spacial score (nSPS) is 12.8. The summed E-state index contributed by atoms with van der Waals surface area (Å²) in [4.78, 5) is 0. The minimum Gasteiger partial charge on any atom is -0.508 e. The van der Waals surface area contributed by atoms with Gasteiger partial charge in [-0.05, 0) is 24.6 Å². The molecule has 0 fully saturated rings. The lowest BCUT2D eigenvalue weighted by molar-refractivity contribution is 0.245. The Kier molecular flexibility index (Phi) is 3.08. The highest BCUT2D eigenvalue weighted by molar-refractivity contribution is 5.28. The van der Waals surface area contributed by atoms with Crippen LogP contribution in [-0.2, 0) is 0 Å². The summed E-state index contributed by atoms with van der Waals surface area (Å²) in [5.74, 6) is 0.249. The highest BCUT2D eigenvalue weighted by atomic mass is 16.3. The third kappa shape index (κ3) is 2.22. The van der Waals surface area contributed by atoms with Crippen molar-refractivity contribution < 1.29 is 10.2 Å². The summed E-state index contributed by atoms with van der Waals surface area (Å²) in [6.07, 6.45) is 0. The minimum atomic E-state index is -0.0587. The average molecular weight is 167 g/mol. The lowest BCUT2D eigenvalue weighted by Crippen LogP contribution is -2.19.